The van der Waals surface area contributed by atoms with E-state index in [1.165, 1.54) is 4.90 Å². The van der Waals surface area contributed by atoms with Gasteiger partial charge in [-0.3, -0.25) is 4.79 Å². The zero-order valence-electron chi connectivity index (χ0n) is 11.4. The van der Waals surface area contributed by atoms with Gasteiger partial charge in [0.25, 0.3) is 0 Å². The van der Waals surface area contributed by atoms with Crippen molar-refractivity contribution in [3.05, 3.63) is 5.82 Å². The molecule has 1 N–H and O–H groups in total. The molecule has 1 heterocycles. The lowest BCUT2D eigenvalue weighted by Gasteiger charge is -2.19. The number of rotatable bonds is 5. The van der Waals surface area contributed by atoms with Gasteiger partial charge in [0.1, 0.15) is 12.4 Å². The van der Waals surface area contributed by atoms with Gasteiger partial charge in [0.05, 0.1) is 0 Å². The number of carboxylic acids is 1. The van der Waals surface area contributed by atoms with Gasteiger partial charge in [0.15, 0.2) is 0 Å². The lowest BCUT2D eigenvalue weighted by atomic mass is 10.2. The molecule has 1 aromatic rings. The Balaban J connectivity index is 3.14. The van der Waals surface area contributed by atoms with Crippen LogP contribution in [-0.2, 0) is 4.79 Å². The van der Waals surface area contributed by atoms with Crippen molar-refractivity contribution in [1.29, 1.82) is 0 Å². The molecule has 0 bridgehead atoms. The number of hydrogen-bond donors (Lipinski definition) is 1. The predicted octanol–water partition coefficient (Wildman–Crippen LogP) is 0.582. The summed E-state index contributed by atoms with van der Waals surface area (Å²) in [7, 11) is 5.31. The van der Waals surface area contributed by atoms with E-state index in [4.69, 9.17) is 5.11 Å². The van der Waals surface area contributed by atoms with Gasteiger partial charge in [-0.25, -0.2) is 0 Å². The van der Waals surface area contributed by atoms with Crippen LogP contribution in [0.1, 0.15) is 25.6 Å². The third-order valence-corrected chi connectivity index (χ3v) is 2.26. The molecule has 0 aliphatic heterocycles. The highest BCUT2D eigenvalue weighted by Gasteiger charge is 2.15. The summed E-state index contributed by atoms with van der Waals surface area (Å²) in [5.41, 5.74) is 0. The summed E-state index contributed by atoms with van der Waals surface area (Å²) in [6.45, 7) is 3.82. The molecule has 0 aromatic carbocycles. The van der Waals surface area contributed by atoms with Crippen LogP contribution < -0.4 is 9.80 Å². The summed E-state index contributed by atoms with van der Waals surface area (Å²) in [5, 5.41) is 8.78. The summed E-state index contributed by atoms with van der Waals surface area (Å²) in [4.78, 5) is 26.8. The van der Waals surface area contributed by atoms with Gasteiger partial charge in [0.2, 0.25) is 11.9 Å². The Morgan fingerprint density at radius 2 is 1.72 bits per heavy atom. The second kappa shape index (κ2) is 5.61. The van der Waals surface area contributed by atoms with Crippen molar-refractivity contribution in [3.8, 4) is 0 Å². The fourth-order valence-electron chi connectivity index (χ4n) is 1.27. The zero-order valence-corrected chi connectivity index (χ0v) is 11.4. The summed E-state index contributed by atoms with van der Waals surface area (Å²) in [6, 6.07) is 0. The normalized spacial score (nSPS) is 10.6. The Morgan fingerprint density at radius 1 is 1.17 bits per heavy atom. The van der Waals surface area contributed by atoms with Crippen LogP contribution in [0, 0.1) is 0 Å². The van der Waals surface area contributed by atoms with Gasteiger partial charge in [-0.05, 0) is 0 Å². The van der Waals surface area contributed by atoms with E-state index >= 15 is 0 Å². The number of carboxylic acid groups (broad SMARTS) is 1. The molecule has 0 radical (unpaired) electrons. The van der Waals surface area contributed by atoms with Crippen molar-refractivity contribution in [2.24, 2.45) is 0 Å². The van der Waals surface area contributed by atoms with Crippen LogP contribution in [0.4, 0.5) is 11.9 Å². The quantitative estimate of drug-likeness (QED) is 0.821. The van der Waals surface area contributed by atoms with Gasteiger partial charge in [-0.1, -0.05) is 13.8 Å². The molecule has 0 aliphatic carbocycles. The monoisotopic (exact) mass is 253 g/mol. The number of nitrogens with zero attached hydrogens (tertiary/aromatic N) is 5. The fourth-order valence-corrected chi connectivity index (χ4v) is 1.27. The first-order valence-electron chi connectivity index (χ1n) is 5.67. The molecule has 7 nitrogen and oxygen atoms in total. The topological polar surface area (TPSA) is 82.5 Å². The number of carbonyl (C=O) groups is 1. The Labute approximate surface area is 106 Å². The summed E-state index contributed by atoms with van der Waals surface area (Å²) >= 11 is 0. The van der Waals surface area contributed by atoms with Gasteiger partial charge >= 0.3 is 5.97 Å². The molecule has 0 saturated heterocycles. The average Bonchev–Trinajstić information content (AvgIpc) is 2.27. The number of aliphatic carboxylic acids is 1. The Morgan fingerprint density at radius 3 is 2.17 bits per heavy atom. The summed E-state index contributed by atoms with van der Waals surface area (Å²) in [6.07, 6.45) is 0. The molecule has 0 saturated carbocycles. The number of hydrogen-bond acceptors (Lipinski definition) is 6. The molecule has 0 atom stereocenters. The Kier molecular flexibility index (Phi) is 4.41. The highest BCUT2D eigenvalue weighted by molar-refractivity contribution is 5.72. The van der Waals surface area contributed by atoms with Gasteiger partial charge < -0.3 is 14.9 Å². The van der Waals surface area contributed by atoms with E-state index < -0.39 is 5.97 Å². The van der Waals surface area contributed by atoms with Crippen LogP contribution in [0.3, 0.4) is 0 Å². The second-order valence-electron chi connectivity index (χ2n) is 4.59. The lowest BCUT2D eigenvalue weighted by molar-refractivity contribution is -0.135. The third-order valence-electron chi connectivity index (χ3n) is 2.26. The number of anilines is 2. The molecule has 0 spiro atoms. The highest BCUT2D eigenvalue weighted by atomic mass is 16.4. The van der Waals surface area contributed by atoms with Crippen LogP contribution in [0.2, 0.25) is 0 Å². The van der Waals surface area contributed by atoms with Gasteiger partial charge in [-0.2, -0.15) is 15.0 Å². The van der Waals surface area contributed by atoms with Crippen molar-refractivity contribution < 1.29 is 9.90 Å². The van der Waals surface area contributed by atoms with Crippen molar-refractivity contribution in [3.63, 3.8) is 0 Å². The molecule has 1 rings (SSSR count). The summed E-state index contributed by atoms with van der Waals surface area (Å²) in [5.74, 6) is 0.792. The second-order valence-corrected chi connectivity index (χ2v) is 4.59. The minimum Gasteiger partial charge on any atom is -0.480 e. The lowest BCUT2D eigenvalue weighted by Crippen LogP contribution is -2.28. The Hall–Kier alpha value is -1.92. The molecule has 7 heteroatoms. The molecule has 100 valence electrons. The molecule has 18 heavy (non-hydrogen) atoms. The van der Waals surface area contributed by atoms with Crippen LogP contribution >= 0.6 is 0 Å². The van der Waals surface area contributed by atoms with E-state index in [0.29, 0.717) is 17.7 Å². The Bertz CT molecular complexity index is 407. The molecular weight excluding hydrogens is 234 g/mol. The van der Waals surface area contributed by atoms with E-state index in [-0.39, 0.29) is 12.5 Å². The number of likely N-dealkylation sites (N-methyl/N-ethyl adjacent to an activating group) is 1. The van der Waals surface area contributed by atoms with Crippen LogP contribution in [0.25, 0.3) is 0 Å². The van der Waals surface area contributed by atoms with Crippen molar-refractivity contribution >= 4 is 17.9 Å². The first kappa shape index (κ1) is 14.1. The maximum Gasteiger partial charge on any atom is 0.323 e. The smallest absolute Gasteiger partial charge is 0.323 e. The van der Waals surface area contributed by atoms with Crippen molar-refractivity contribution in [2.45, 2.75) is 19.8 Å². The largest absolute Gasteiger partial charge is 0.480 e. The molecule has 0 amide bonds. The summed E-state index contributed by atoms with van der Waals surface area (Å²) < 4.78 is 0. The van der Waals surface area contributed by atoms with E-state index in [1.807, 2.05) is 27.9 Å². The highest BCUT2D eigenvalue weighted by Crippen LogP contribution is 2.16. The van der Waals surface area contributed by atoms with Gasteiger partial charge in [-0.15, -0.1) is 0 Å². The van der Waals surface area contributed by atoms with E-state index in [9.17, 15) is 4.79 Å². The maximum absolute atomic E-state index is 10.7. The first-order chi connectivity index (χ1) is 8.31. The van der Waals surface area contributed by atoms with E-state index in [1.54, 1.807) is 11.9 Å². The minimum atomic E-state index is -0.921. The van der Waals surface area contributed by atoms with Crippen LogP contribution in [0.15, 0.2) is 0 Å². The zero-order chi connectivity index (χ0) is 13.9. The predicted molar refractivity (Wildman–Crippen MR) is 69.1 cm³/mol. The molecule has 0 aliphatic rings. The van der Waals surface area contributed by atoms with Crippen LogP contribution in [0.5, 0.6) is 0 Å². The molecule has 0 fully saturated rings. The SMILES string of the molecule is CC(C)c1nc(N(C)C)nc(N(C)CC(=O)O)n1. The van der Waals surface area contributed by atoms with E-state index in [0.717, 1.165) is 0 Å². The van der Waals surface area contributed by atoms with Crippen LogP contribution in [-0.4, -0.2) is 53.7 Å². The average molecular weight is 253 g/mol. The number of aromatic nitrogens is 3. The fraction of sp³-hybridized carbons (Fsp3) is 0.636. The molecule has 0 unspecified atom stereocenters. The van der Waals surface area contributed by atoms with Crippen molar-refractivity contribution in [1.82, 2.24) is 15.0 Å². The minimum absolute atomic E-state index is 0.144. The van der Waals surface area contributed by atoms with E-state index in [2.05, 4.69) is 15.0 Å². The first-order valence-corrected chi connectivity index (χ1v) is 5.67. The van der Waals surface area contributed by atoms with Gasteiger partial charge in [0, 0.05) is 27.1 Å². The maximum atomic E-state index is 10.7. The molecular formula is C11H19N5O2. The van der Waals surface area contributed by atoms with Crippen molar-refractivity contribution in [2.75, 3.05) is 37.5 Å². The standard InChI is InChI=1S/C11H19N5O2/c1-7(2)9-12-10(15(3)4)14-11(13-9)16(5)6-8(17)18/h7H,6H2,1-5H3,(H,17,18). The third kappa shape index (κ3) is 3.54. The molecule has 1 aromatic heterocycles.